The van der Waals surface area contributed by atoms with Crippen LogP contribution in [0.4, 0.5) is 0 Å². The van der Waals surface area contributed by atoms with Crippen molar-refractivity contribution in [3.8, 4) is 17.2 Å². The topological polar surface area (TPSA) is 77.1 Å². The number of methoxy groups -OCH3 is 3. The van der Waals surface area contributed by atoms with Crippen LogP contribution in [0.1, 0.15) is 30.4 Å². The normalized spacial score (nSPS) is 18.1. The predicted molar refractivity (Wildman–Crippen MR) is 122 cm³/mol. The largest absolute Gasteiger partial charge is 0.496 e. The number of hydrogen-bond donors (Lipinski definition) is 1. The van der Waals surface area contributed by atoms with Crippen molar-refractivity contribution in [3.63, 3.8) is 0 Å². The molecule has 1 aliphatic rings. The fourth-order valence-electron chi connectivity index (χ4n) is 4.27. The summed E-state index contributed by atoms with van der Waals surface area (Å²) in [7, 11) is 4.84. The molecule has 0 radical (unpaired) electrons. The van der Waals surface area contributed by atoms with Crippen molar-refractivity contribution in [3.05, 3.63) is 53.6 Å². The molecule has 0 aromatic heterocycles. The number of rotatable bonds is 8. The molecule has 1 heterocycles. The summed E-state index contributed by atoms with van der Waals surface area (Å²) in [5.41, 5.74) is 2.08. The second-order valence-corrected chi connectivity index (χ2v) is 8.02. The van der Waals surface area contributed by atoms with Gasteiger partial charge < -0.3 is 24.4 Å². The van der Waals surface area contributed by atoms with Gasteiger partial charge in [-0.15, -0.1) is 0 Å². The van der Waals surface area contributed by atoms with Gasteiger partial charge >= 0.3 is 0 Å². The van der Waals surface area contributed by atoms with Crippen LogP contribution >= 0.6 is 0 Å². The van der Waals surface area contributed by atoms with E-state index < -0.39 is 0 Å². The minimum absolute atomic E-state index is 0.0259. The van der Waals surface area contributed by atoms with E-state index in [1.54, 1.807) is 33.2 Å². The van der Waals surface area contributed by atoms with Crippen molar-refractivity contribution < 1.29 is 23.8 Å². The Morgan fingerprint density at radius 1 is 0.969 bits per heavy atom. The Balaban J connectivity index is 1.69. The first-order chi connectivity index (χ1) is 15.5. The molecule has 7 nitrogen and oxygen atoms in total. The highest BCUT2D eigenvalue weighted by molar-refractivity contribution is 5.81. The number of nitrogens with one attached hydrogen (secondary N) is 1. The molecule has 0 spiro atoms. The first-order valence-corrected chi connectivity index (χ1v) is 10.8. The molecule has 7 heteroatoms. The van der Waals surface area contributed by atoms with E-state index in [0.29, 0.717) is 44.0 Å². The number of piperidine rings is 1. The van der Waals surface area contributed by atoms with Crippen molar-refractivity contribution in [1.29, 1.82) is 0 Å². The molecule has 32 heavy (non-hydrogen) atoms. The second kappa shape index (κ2) is 10.9. The Hall–Kier alpha value is -3.22. The van der Waals surface area contributed by atoms with Gasteiger partial charge in [0.25, 0.3) is 0 Å². The van der Waals surface area contributed by atoms with Crippen LogP contribution < -0.4 is 19.5 Å². The van der Waals surface area contributed by atoms with E-state index in [1.807, 2.05) is 42.5 Å². The highest BCUT2D eigenvalue weighted by Gasteiger charge is 2.33. The monoisotopic (exact) mass is 440 g/mol. The smallest absolute Gasteiger partial charge is 0.224 e. The molecule has 0 aliphatic carbocycles. The van der Waals surface area contributed by atoms with Gasteiger partial charge in [-0.3, -0.25) is 9.59 Å². The van der Waals surface area contributed by atoms with Crippen LogP contribution in [0.2, 0.25) is 0 Å². The minimum atomic E-state index is -0.275. The molecule has 1 saturated heterocycles. The maximum Gasteiger partial charge on any atom is 0.224 e. The molecule has 0 saturated carbocycles. The van der Waals surface area contributed by atoms with Gasteiger partial charge in [0.05, 0.1) is 27.2 Å². The minimum Gasteiger partial charge on any atom is -0.496 e. The van der Waals surface area contributed by atoms with E-state index in [9.17, 15) is 9.59 Å². The fourth-order valence-corrected chi connectivity index (χ4v) is 4.27. The summed E-state index contributed by atoms with van der Waals surface area (Å²) in [6.07, 6.45) is 1.34. The summed E-state index contributed by atoms with van der Waals surface area (Å²) in [4.78, 5) is 26.9. The third-order valence-corrected chi connectivity index (χ3v) is 6.03. The number of para-hydroxylation sites is 1. The highest BCUT2D eigenvalue weighted by atomic mass is 16.5. The highest BCUT2D eigenvalue weighted by Crippen LogP contribution is 2.35. The Morgan fingerprint density at radius 2 is 1.69 bits per heavy atom. The number of carbonyl (C=O) groups is 2. The molecule has 2 aromatic rings. The van der Waals surface area contributed by atoms with E-state index in [1.165, 1.54) is 0 Å². The van der Waals surface area contributed by atoms with Crippen molar-refractivity contribution in [1.82, 2.24) is 10.2 Å². The van der Waals surface area contributed by atoms with Crippen LogP contribution in [0, 0.1) is 5.92 Å². The van der Waals surface area contributed by atoms with E-state index in [-0.39, 0.29) is 23.7 Å². The standard InChI is InChI=1S/C25H32N2O5/c1-17(28)27-15-20(19-9-10-23(31-3)24(14-19)32-4)13-21(16-27)25(29)26-12-11-18-7-5-6-8-22(18)30-2/h5-10,14,20-21H,11-13,15-16H2,1-4H3,(H,26,29)/t20-,21+/m1/s1. The van der Waals surface area contributed by atoms with Gasteiger partial charge in [-0.2, -0.15) is 0 Å². The Bertz CT molecular complexity index is 946. The molecule has 1 aliphatic heterocycles. The number of carbonyl (C=O) groups excluding carboxylic acids is 2. The molecule has 1 fully saturated rings. The Labute approximate surface area is 189 Å². The lowest BCUT2D eigenvalue weighted by Crippen LogP contribution is -2.47. The number of benzene rings is 2. The molecule has 1 N–H and O–H groups in total. The van der Waals surface area contributed by atoms with E-state index >= 15 is 0 Å². The average Bonchev–Trinajstić information content (AvgIpc) is 2.83. The lowest BCUT2D eigenvalue weighted by atomic mass is 9.83. The van der Waals surface area contributed by atoms with Gasteiger partial charge in [0.15, 0.2) is 11.5 Å². The van der Waals surface area contributed by atoms with Crippen LogP contribution in [0.25, 0.3) is 0 Å². The second-order valence-electron chi connectivity index (χ2n) is 8.02. The van der Waals surface area contributed by atoms with Crippen LogP contribution in [0.3, 0.4) is 0 Å². The first kappa shape index (κ1) is 23.4. The zero-order valence-electron chi connectivity index (χ0n) is 19.2. The third-order valence-electron chi connectivity index (χ3n) is 6.03. The molecule has 3 rings (SSSR count). The molecule has 0 bridgehead atoms. The number of ether oxygens (including phenoxy) is 3. The van der Waals surface area contributed by atoms with Gasteiger partial charge in [0.1, 0.15) is 5.75 Å². The molecular weight excluding hydrogens is 408 g/mol. The molecular formula is C25H32N2O5. The first-order valence-electron chi connectivity index (χ1n) is 10.8. The predicted octanol–water partition coefficient (Wildman–Crippen LogP) is 3.02. The van der Waals surface area contributed by atoms with Gasteiger partial charge in [0, 0.05) is 32.5 Å². The quantitative estimate of drug-likeness (QED) is 0.683. The molecule has 2 amide bonds. The summed E-state index contributed by atoms with van der Waals surface area (Å²) in [5, 5.41) is 3.05. The van der Waals surface area contributed by atoms with E-state index in [0.717, 1.165) is 16.9 Å². The lowest BCUT2D eigenvalue weighted by Gasteiger charge is -2.37. The number of hydrogen-bond acceptors (Lipinski definition) is 5. The van der Waals surface area contributed by atoms with Crippen LogP contribution in [0.5, 0.6) is 17.2 Å². The van der Waals surface area contributed by atoms with Crippen LogP contribution in [-0.4, -0.2) is 57.7 Å². The lowest BCUT2D eigenvalue weighted by molar-refractivity contribution is -0.134. The zero-order valence-corrected chi connectivity index (χ0v) is 19.2. The van der Waals surface area contributed by atoms with Gasteiger partial charge in [-0.05, 0) is 42.2 Å². The number of amides is 2. The molecule has 0 unspecified atom stereocenters. The molecule has 172 valence electrons. The molecule has 2 aromatic carbocycles. The van der Waals surface area contributed by atoms with E-state index in [2.05, 4.69) is 5.32 Å². The van der Waals surface area contributed by atoms with Gasteiger partial charge in [-0.25, -0.2) is 0 Å². The number of nitrogens with zero attached hydrogens (tertiary/aromatic N) is 1. The Kier molecular flexibility index (Phi) is 7.98. The van der Waals surface area contributed by atoms with Gasteiger partial charge in [0.2, 0.25) is 11.8 Å². The van der Waals surface area contributed by atoms with Crippen molar-refractivity contribution in [2.45, 2.75) is 25.7 Å². The molecule has 2 atom stereocenters. The third kappa shape index (κ3) is 5.52. The SMILES string of the molecule is COc1ccccc1CCNC(=O)[C@H]1C[C@@H](c2ccc(OC)c(OC)c2)CN(C(C)=O)C1. The van der Waals surface area contributed by atoms with Crippen LogP contribution in [-0.2, 0) is 16.0 Å². The maximum atomic E-state index is 13.0. The zero-order chi connectivity index (χ0) is 23.1. The summed E-state index contributed by atoms with van der Waals surface area (Å²) >= 11 is 0. The fraction of sp³-hybridized carbons (Fsp3) is 0.440. The summed E-state index contributed by atoms with van der Waals surface area (Å²) in [5.74, 6) is 1.82. The van der Waals surface area contributed by atoms with Crippen molar-refractivity contribution in [2.24, 2.45) is 5.92 Å². The van der Waals surface area contributed by atoms with E-state index in [4.69, 9.17) is 14.2 Å². The summed E-state index contributed by atoms with van der Waals surface area (Å²) in [6.45, 7) is 3.07. The van der Waals surface area contributed by atoms with Gasteiger partial charge in [-0.1, -0.05) is 24.3 Å². The summed E-state index contributed by atoms with van der Waals surface area (Å²) in [6, 6.07) is 13.6. The van der Waals surface area contributed by atoms with Crippen molar-refractivity contribution in [2.75, 3.05) is 41.0 Å². The average molecular weight is 441 g/mol. The Morgan fingerprint density at radius 3 is 2.38 bits per heavy atom. The number of likely N-dealkylation sites (tertiary alicyclic amines) is 1. The van der Waals surface area contributed by atoms with Crippen LogP contribution in [0.15, 0.2) is 42.5 Å². The maximum absolute atomic E-state index is 13.0. The van der Waals surface area contributed by atoms with Crippen molar-refractivity contribution >= 4 is 11.8 Å². The summed E-state index contributed by atoms with van der Waals surface area (Å²) < 4.78 is 16.1.